The number of carbonyl (C=O) groups is 2. The summed E-state index contributed by atoms with van der Waals surface area (Å²) in [6, 6.07) is 14.7. The normalized spacial score (nSPS) is 16.2. The van der Waals surface area contributed by atoms with Gasteiger partial charge in [-0.3, -0.25) is 10.1 Å². The predicted molar refractivity (Wildman–Crippen MR) is 122 cm³/mol. The lowest BCUT2D eigenvalue weighted by molar-refractivity contribution is 0.0635. The van der Waals surface area contributed by atoms with Crippen LogP contribution in [0.5, 0.6) is 0 Å². The molecule has 0 saturated heterocycles. The van der Waals surface area contributed by atoms with Crippen molar-refractivity contribution >= 4 is 39.3 Å². The molecule has 0 saturated carbocycles. The van der Waals surface area contributed by atoms with Gasteiger partial charge in [0.2, 0.25) is 0 Å². The van der Waals surface area contributed by atoms with Gasteiger partial charge in [-0.25, -0.2) is 9.80 Å². The summed E-state index contributed by atoms with van der Waals surface area (Å²) in [4.78, 5) is 24.9. The zero-order valence-corrected chi connectivity index (χ0v) is 19.2. The van der Waals surface area contributed by atoms with Crippen molar-refractivity contribution in [2.75, 3.05) is 5.32 Å². The quantitative estimate of drug-likeness (QED) is 0.609. The highest BCUT2D eigenvalue weighted by molar-refractivity contribution is 9.10. The summed E-state index contributed by atoms with van der Waals surface area (Å²) in [6.45, 7) is 7.51. The summed E-state index contributed by atoms with van der Waals surface area (Å²) in [7, 11) is 0. The van der Waals surface area contributed by atoms with Gasteiger partial charge in [0.1, 0.15) is 5.60 Å². The molecular weight excluding hydrogens is 446 g/mol. The number of rotatable bonds is 4. The van der Waals surface area contributed by atoms with Gasteiger partial charge >= 0.3 is 6.09 Å². The molecule has 30 heavy (non-hydrogen) atoms. The van der Waals surface area contributed by atoms with Crippen LogP contribution in [-0.4, -0.2) is 34.4 Å². The first-order valence-electron chi connectivity index (χ1n) is 9.93. The minimum atomic E-state index is -0.553. The lowest BCUT2D eigenvalue weighted by Crippen LogP contribution is -2.32. The van der Waals surface area contributed by atoms with Crippen molar-refractivity contribution in [1.82, 2.24) is 5.01 Å². The SMILES string of the molecule is CCC1CC(c2ccc(NC(=O)OC(C)(C)C)cc2)=NN1C(=O)c1ccc(Br)cc1. The van der Waals surface area contributed by atoms with Crippen LogP contribution in [0.25, 0.3) is 0 Å². The molecule has 0 spiro atoms. The van der Waals surface area contributed by atoms with Crippen LogP contribution in [0.2, 0.25) is 0 Å². The van der Waals surface area contributed by atoms with Crippen LogP contribution in [-0.2, 0) is 4.74 Å². The zero-order chi connectivity index (χ0) is 21.9. The lowest BCUT2D eigenvalue weighted by atomic mass is 10.0. The van der Waals surface area contributed by atoms with Crippen LogP contribution < -0.4 is 5.32 Å². The fourth-order valence-electron chi connectivity index (χ4n) is 3.16. The molecule has 2 amide bonds. The monoisotopic (exact) mass is 471 g/mol. The molecule has 1 aliphatic rings. The number of hydrogen-bond acceptors (Lipinski definition) is 4. The molecule has 2 aromatic carbocycles. The van der Waals surface area contributed by atoms with E-state index in [0.29, 0.717) is 17.7 Å². The molecule has 1 aliphatic heterocycles. The highest BCUT2D eigenvalue weighted by Gasteiger charge is 2.31. The highest BCUT2D eigenvalue weighted by Crippen LogP contribution is 2.25. The predicted octanol–water partition coefficient (Wildman–Crippen LogP) is 5.82. The standard InChI is InChI=1S/C23H26BrN3O3/c1-5-19-14-20(26-27(19)21(28)16-6-10-17(24)11-7-16)15-8-12-18(13-9-15)25-22(29)30-23(2,3)4/h6-13,19H,5,14H2,1-4H3,(H,25,29). The Balaban J connectivity index is 1.73. The van der Waals surface area contributed by atoms with Gasteiger partial charge in [-0.1, -0.05) is 35.0 Å². The average Bonchev–Trinajstić information content (AvgIpc) is 3.11. The van der Waals surface area contributed by atoms with Crippen molar-refractivity contribution in [3.05, 3.63) is 64.1 Å². The molecule has 0 bridgehead atoms. The number of amides is 2. The fourth-order valence-corrected chi connectivity index (χ4v) is 3.42. The van der Waals surface area contributed by atoms with Crippen LogP contribution >= 0.6 is 15.9 Å². The zero-order valence-electron chi connectivity index (χ0n) is 17.6. The molecule has 1 N–H and O–H groups in total. The van der Waals surface area contributed by atoms with Crippen molar-refractivity contribution in [3.8, 4) is 0 Å². The van der Waals surface area contributed by atoms with Gasteiger partial charge in [0.15, 0.2) is 0 Å². The van der Waals surface area contributed by atoms with E-state index < -0.39 is 11.7 Å². The third-order valence-corrected chi connectivity index (χ3v) is 5.17. The number of anilines is 1. The van der Waals surface area contributed by atoms with E-state index in [-0.39, 0.29) is 11.9 Å². The van der Waals surface area contributed by atoms with E-state index in [0.717, 1.165) is 22.2 Å². The summed E-state index contributed by atoms with van der Waals surface area (Å²) >= 11 is 3.39. The van der Waals surface area contributed by atoms with E-state index in [1.165, 1.54) is 0 Å². The second-order valence-corrected chi connectivity index (χ2v) is 9.09. The van der Waals surface area contributed by atoms with E-state index in [2.05, 4.69) is 33.3 Å². The molecule has 1 heterocycles. The van der Waals surface area contributed by atoms with Crippen molar-refractivity contribution in [2.45, 2.75) is 52.2 Å². The number of hydrogen-bond donors (Lipinski definition) is 1. The number of nitrogens with one attached hydrogen (secondary N) is 1. The average molecular weight is 472 g/mol. The van der Waals surface area contributed by atoms with E-state index in [9.17, 15) is 9.59 Å². The van der Waals surface area contributed by atoms with Crippen molar-refractivity contribution in [1.29, 1.82) is 0 Å². The van der Waals surface area contributed by atoms with Gasteiger partial charge in [0.25, 0.3) is 5.91 Å². The maximum Gasteiger partial charge on any atom is 0.412 e. The van der Waals surface area contributed by atoms with Gasteiger partial charge in [-0.05, 0) is 69.2 Å². The van der Waals surface area contributed by atoms with Crippen LogP contribution in [0, 0.1) is 0 Å². The van der Waals surface area contributed by atoms with E-state index in [4.69, 9.17) is 4.74 Å². The molecule has 1 unspecified atom stereocenters. The molecule has 6 nitrogen and oxygen atoms in total. The third kappa shape index (κ3) is 5.48. The number of halogens is 1. The van der Waals surface area contributed by atoms with Crippen molar-refractivity contribution in [3.63, 3.8) is 0 Å². The van der Waals surface area contributed by atoms with Crippen molar-refractivity contribution in [2.24, 2.45) is 5.10 Å². The van der Waals surface area contributed by atoms with Crippen LogP contribution in [0.1, 0.15) is 56.5 Å². The van der Waals surface area contributed by atoms with Crippen LogP contribution in [0.4, 0.5) is 10.5 Å². The molecule has 158 valence electrons. The number of hydrazone groups is 1. The first kappa shape index (κ1) is 22.0. The molecule has 2 aromatic rings. The second kappa shape index (κ2) is 9.00. The van der Waals surface area contributed by atoms with E-state index in [1.807, 2.05) is 57.2 Å². The first-order chi connectivity index (χ1) is 14.2. The Morgan fingerprint density at radius 1 is 1.13 bits per heavy atom. The summed E-state index contributed by atoms with van der Waals surface area (Å²) in [6.07, 6.45) is 1.01. The van der Waals surface area contributed by atoms with E-state index in [1.54, 1.807) is 17.1 Å². The molecule has 0 fully saturated rings. The van der Waals surface area contributed by atoms with Crippen LogP contribution in [0.15, 0.2) is 58.1 Å². The number of nitrogens with zero attached hydrogens (tertiary/aromatic N) is 2. The van der Waals surface area contributed by atoms with Gasteiger partial charge < -0.3 is 4.74 Å². The largest absolute Gasteiger partial charge is 0.444 e. The molecule has 7 heteroatoms. The smallest absolute Gasteiger partial charge is 0.412 e. The second-order valence-electron chi connectivity index (χ2n) is 8.17. The lowest BCUT2D eigenvalue weighted by Gasteiger charge is -2.20. The van der Waals surface area contributed by atoms with Gasteiger partial charge in [0, 0.05) is 22.1 Å². The summed E-state index contributed by atoms with van der Waals surface area (Å²) in [5.41, 5.74) is 2.48. The Kier molecular flexibility index (Phi) is 6.61. The maximum absolute atomic E-state index is 12.9. The molecule has 0 aliphatic carbocycles. The molecule has 1 atom stereocenters. The van der Waals surface area contributed by atoms with Crippen molar-refractivity contribution < 1.29 is 14.3 Å². The Morgan fingerprint density at radius 3 is 2.33 bits per heavy atom. The summed E-state index contributed by atoms with van der Waals surface area (Å²) in [5, 5.41) is 8.93. The Labute approximate surface area is 185 Å². The summed E-state index contributed by atoms with van der Waals surface area (Å²) < 4.78 is 6.20. The molecular formula is C23H26BrN3O3. The maximum atomic E-state index is 12.9. The third-order valence-electron chi connectivity index (χ3n) is 4.64. The van der Waals surface area contributed by atoms with Crippen LogP contribution in [0.3, 0.4) is 0 Å². The first-order valence-corrected chi connectivity index (χ1v) is 10.7. The topological polar surface area (TPSA) is 71.0 Å². The Morgan fingerprint density at radius 2 is 1.77 bits per heavy atom. The summed E-state index contributed by atoms with van der Waals surface area (Å²) in [5.74, 6) is -0.104. The number of benzene rings is 2. The highest BCUT2D eigenvalue weighted by atomic mass is 79.9. The number of carbonyl (C=O) groups excluding carboxylic acids is 2. The molecule has 3 rings (SSSR count). The van der Waals surface area contributed by atoms with Gasteiger partial charge in [-0.15, -0.1) is 0 Å². The Bertz CT molecular complexity index is 947. The fraction of sp³-hybridized carbons (Fsp3) is 0.348. The van der Waals surface area contributed by atoms with Gasteiger partial charge in [-0.2, -0.15) is 5.10 Å². The molecule has 0 radical (unpaired) electrons. The minimum Gasteiger partial charge on any atom is -0.444 e. The minimum absolute atomic E-state index is 0.0238. The Hall–Kier alpha value is -2.67. The molecule has 0 aromatic heterocycles. The number of ether oxygens (including phenoxy) is 1. The van der Waals surface area contributed by atoms with Gasteiger partial charge in [0.05, 0.1) is 11.8 Å². The van der Waals surface area contributed by atoms with E-state index >= 15 is 0 Å².